The lowest BCUT2D eigenvalue weighted by atomic mass is 10.2. The molecule has 5 heteroatoms. The Bertz CT molecular complexity index is 387. The molecule has 0 heterocycles. The van der Waals surface area contributed by atoms with E-state index in [1.165, 1.54) is 6.26 Å². The van der Waals surface area contributed by atoms with E-state index in [2.05, 4.69) is 0 Å². The van der Waals surface area contributed by atoms with Crippen LogP contribution in [-0.2, 0) is 14.6 Å². The van der Waals surface area contributed by atoms with Gasteiger partial charge >= 0.3 is 0 Å². The number of hydrogen-bond donors (Lipinski definition) is 0. The van der Waals surface area contributed by atoms with Crippen molar-refractivity contribution in [3.8, 4) is 0 Å². The molecule has 0 saturated carbocycles. The summed E-state index contributed by atoms with van der Waals surface area (Å²) in [6.07, 6.45) is 1.19. The first-order chi connectivity index (χ1) is 5.99. The Balaban J connectivity index is 2.71. The Morgan fingerprint density at radius 2 is 2.00 bits per heavy atom. The second kappa shape index (κ2) is 4.35. The molecule has 0 unspecified atom stereocenters. The lowest BCUT2D eigenvalue weighted by Crippen LogP contribution is -1.90. The predicted molar refractivity (Wildman–Crippen MR) is 57.6 cm³/mol. The molecule has 0 saturated heterocycles. The van der Waals surface area contributed by atoms with Crippen molar-refractivity contribution in [1.29, 1.82) is 0 Å². The number of rotatable bonds is 3. The van der Waals surface area contributed by atoms with Crippen LogP contribution < -0.4 is 0 Å². The van der Waals surface area contributed by atoms with Gasteiger partial charge in [-0.1, -0.05) is 29.8 Å². The third-order valence-electron chi connectivity index (χ3n) is 1.39. The molecular weight excluding hydrogens is 228 g/mol. The van der Waals surface area contributed by atoms with Gasteiger partial charge in [0.25, 0.3) is 0 Å². The first-order valence-corrected chi connectivity index (χ1v) is 7.34. The zero-order valence-electron chi connectivity index (χ0n) is 7.03. The van der Waals surface area contributed by atoms with E-state index in [1.54, 1.807) is 6.07 Å². The highest BCUT2D eigenvalue weighted by molar-refractivity contribution is 8.71. The van der Waals surface area contributed by atoms with E-state index in [0.29, 0.717) is 10.8 Å². The maximum atomic E-state index is 10.8. The molecule has 1 aromatic carbocycles. The van der Waals surface area contributed by atoms with Crippen molar-refractivity contribution in [2.75, 3.05) is 6.26 Å². The molecule has 0 aliphatic rings. The van der Waals surface area contributed by atoms with Crippen molar-refractivity contribution in [3.63, 3.8) is 0 Å². The Morgan fingerprint density at radius 1 is 1.38 bits per heavy atom. The Kier molecular flexibility index (Phi) is 3.64. The number of hydrogen-bond acceptors (Lipinski definition) is 3. The topological polar surface area (TPSA) is 34.1 Å². The van der Waals surface area contributed by atoms with Crippen LogP contribution in [0, 0.1) is 0 Å². The van der Waals surface area contributed by atoms with Crippen LogP contribution in [0.5, 0.6) is 0 Å². The minimum absolute atomic E-state index is 0.401. The van der Waals surface area contributed by atoms with Gasteiger partial charge in [-0.15, -0.1) is 0 Å². The van der Waals surface area contributed by atoms with Gasteiger partial charge in [-0.05, 0) is 22.4 Å². The second-order valence-corrected chi connectivity index (χ2v) is 7.42. The van der Waals surface area contributed by atoms with Gasteiger partial charge in [0.1, 0.15) is 0 Å². The molecule has 0 aliphatic carbocycles. The average Bonchev–Trinajstić information content (AvgIpc) is 2.01. The van der Waals surface area contributed by atoms with Crippen LogP contribution >= 0.6 is 22.4 Å². The summed E-state index contributed by atoms with van der Waals surface area (Å²) in [4.78, 5) is 0. The smallest absolute Gasteiger partial charge is 0.199 e. The summed E-state index contributed by atoms with van der Waals surface area (Å²) in [7, 11) is -2.09. The van der Waals surface area contributed by atoms with E-state index in [1.807, 2.05) is 18.2 Å². The number of benzene rings is 1. The molecule has 0 bridgehead atoms. The van der Waals surface area contributed by atoms with Crippen molar-refractivity contribution >= 4 is 31.3 Å². The minimum atomic E-state index is -2.98. The van der Waals surface area contributed by atoms with Gasteiger partial charge in [0.05, 0.1) is 0 Å². The maximum Gasteiger partial charge on any atom is 0.199 e. The van der Waals surface area contributed by atoms with Gasteiger partial charge in [0.15, 0.2) is 8.87 Å². The van der Waals surface area contributed by atoms with Crippen LogP contribution in [0.25, 0.3) is 0 Å². The lowest BCUT2D eigenvalue weighted by Gasteiger charge is -2.01. The van der Waals surface area contributed by atoms with Crippen molar-refractivity contribution in [2.45, 2.75) is 5.75 Å². The van der Waals surface area contributed by atoms with E-state index < -0.39 is 8.87 Å². The van der Waals surface area contributed by atoms with E-state index in [0.717, 1.165) is 16.4 Å². The Morgan fingerprint density at radius 3 is 2.54 bits per heavy atom. The molecule has 1 rings (SSSR count). The second-order valence-electron chi connectivity index (χ2n) is 2.56. The van der Waals surface area contributed by atoms with Crippen LogP contribution in [-0.4, -0.2) is 14.7 Å². The zero-order chi connectivity index (χ0) is 9.90. The summed E-state index contributed by atoms with van der Waals surface area (Å²) in [6, 6.07) is 7.22. The fourth-order valence-electron chi connectivity index (χ4n) is 0.786. The molecule has 0 radical (unpaired) electrons. The first kappa shape index (κ1) is 10.9. The minimum Gasteiger partial charge on any atom is -0.218 e. The van der Waals surface area contributed by atoms with Gasteiger partial charge in [-0.25, -0.2) is 8.42 Å². The first-order valence-electron chi connectivity index (χ1n) is 3.57. The van der Waals surface area contributed by atoms with Crippen molar-refractivity contribution in [1.82, 2.24) is 0 Å². The predicted octanol–water partition coefficient (Wildman–Crippen LogP) is 2.53. The molecule has 72 valence electrons. The number of halogens is 1. The van der Waals surface area contributed by atoms with Crippen LogP contribution in [0.4, 0.5) is 0 Å². The summed E-state index contributed by atoms with van der Waals surface area (Å²) < 4.78 is 21.7. The van der Waals surface area contributed by atoms with Gasteiger partial charge in [0.2, 0.25) is 0 Å². The van der Waals surface area contributed by atoms with E-state index >= 15 is 0 Å². The van der Waals surface area contributed by atoms with E-state index in [9.17, 15) is 8.42 Å². The molecule has 0 aromatic heterocycles. The van der Waals surface area contributed by atoms with Crippen molar-refractivity contribution < 1.29 is 8.42 Å². The van der Waals surface area contributed by atoms with Gasteiger partial charge in [-0.3, -0.25) is 0 Å². The fraction of sp³-hybridized carbons (Fsp3) is 0.250. The molecule has 2 nitrogen and oxygen atoms in total. The van der Waals surface area contributed by atoms with Gasteiger partial charge < -0.3 is 0 Å². The summed E-state index contributed by atoms with van der Waals surface area (Å²) in [6.45, 7) is 0. The maximum absolute atomic E-state index is 10.8. The van der Waals surface area contributed by atoms with Crippen LogP contribution in [0.2, 0.25) is 5.02 Å². The summed E-state index contributed by atoms with van der Waals surface area (Å²) in [5, 5.41) is 0.610. The Hall–Kier alpha value is -0.190. The highest BCUT2D eigenvalue weighted by Gasteiger charge is 2.05. The standard InChI is InChI=1S/C8H9ClO2S2/c1-13(10,11)12-6-7-4-2-3-5-8(7)9/h2-5H,6H2,1H3. The monoisotopic (exact) mass is 236 g/mol. The van der Waals surface area contributed by atoms with Crippen molar-refractivity contribution in [3.05, 3.63) is 34.9 Å². The zero-order valence-corrected chi connectivity index (χ0v) is 9.42. The quantitative estimate of drug-likeness (QED) is 0.757. The average molecular weight is 237 g/mol. The third-order valence-corrected chi connectivity index (χ3v) is 4.25. The van der Waals surface area contributed by atoms with E-state index in [-0.39, 0.29) is 0 Å². The molecule has 1 aromatic rings. The SMILES string of the molecule is CS(=O)(=O)SCc1ccccc1Cl. The highest BCUT2D eigenvalue weighted by Crippen LogP contribution is 2.23. The molecule has 0 fully saturated rings. The molecule has 0 aliphatic heterocycles. The van der Waals surface area contributed by atoms with Gasteiger partial charge in [-0.2, -0.15) is 0 Å². The highest BCUT2D eigenvalue weighted by atomic mass is 35.5. The summed E-state index contributed by atoms with van der Waals surface area (Å²) in [5.41, 5.74) is 0.847. The molecule has 13 heavy (non-hydrogen) atoms. The normalized spacial score (nSPS) is 11.5. The molecule has 0 atom stereocenters. The Labute approximate surface area is 86.6 Å². The molecule has 0 N–H and O–H groups in total. The molecule has 0 spiro atoms. The summed E-state index contributed by atoms with van der Waals surface area (Å²) >= 11 is 5.84. The van der Waals surface area contributed by atoms with Crippen molar-refractivity contribution in [2.24, 2.45) is 0 Å². The largest absolute Gasteiger partial charge is 0.218 e. The summed E-state index contributed by atoms with van der Waals surface area (Å²) in [5.74, 6) is 0.401. The van der Waals surface area contributed by atoms with Crippen LogP contribution in [0.15, 0.2) is 24.3 Å². The van der Waals surface area contributed by atoms with Crippen LogP contribution in [0.3, 0.4) is 0 Å². The van der Waals surface area contributed by atoms with Crippen LogP contribution in [0.1, 0.15) is 5.56 Å². The fourth-order valence-corrected chi connectivity index (χ4v) is 2.68. The van der Waals surface area contributed by atoms with Gasteiger partial charge in [0, 0.05) is 17.0 Å². The third kappa shape index (κ3) is 4.02. The molecule has 0 amide bonds. The molecular formula is C8H9ClO2S2. The van der Waals surface area contributed by atoms with E-state index in [4.69, 9.17) is 11.6 Å². The lowest BCUT2D eigenvalue weighted by molar-refractivity contribution is 0.615.